The maximum atomic E-state index is 13.4. The normalized spacial score (nSPS) is 17.7. The third-order valence-corrected chi connectivity index (χ3v) is 5.98. The van der Waals surface area contributed by atoms with E-state index >= 15 is 0 Å². The number of nitrogens with zero attached hydrogens (tertiary/aromatic N) is 2. The summed E-state index contributed by atoms with van der Waals surface area (Å²) in [5.41, 5.74) is 0.800. The molecular weight excluding hydrogens is 389 g/mol. The smallest absolute Gasteiger partial charge is 0.343 e. The van der Waals surface area contributed by atoms with Crippen molar-refractivity contribution in [2.24, 2.45) is 0 Å². The number of fused-ring (bicyclic) bond motifs is 1. The lowest BCUT2D eigenvalue weighted by Crippen LogP contribution is -2.24. The Morgan fingerprint density at radius 1 is 1.04 bits per heavy atom. The summed E-state index contributed by atoms with van der Waals surface area (Å²) in [6, 6.07) is 12.6. The van der Waals surface area contributed by atoms with Crippen molar-refractivity contribution in [2.45, 2.75) is 18.0 Å². The Labute approximate surface area is 162 Å². The third-order valence-electron chi connectivity index (χ3n) is 4.81. The molecule has 1 aromatic heterocycles. The SMILES string of the molecule is CN1C(=O)SC(c2cn(Cc3ccccc3C(F)(F)F)c3ccccc23)C1=O. The molecule has 4 nitrogen and oxygen atoms in total. The Hall–Kier alpha value is -2.74. The lowest BCUT2D eigenvalue weighted by molar-refractivity contribution is -0.138. The number of imide groups is 1. The molecule has 0 aliphatic carbocycles. The first kappa shape index (κ1) is 18.6. The van der Waals surface area contributed by atoms with Crippen LogP contribution in [-0.2, 0) is 17.5 Å². The first-order chi connectivity index (χ1) is 13.3. The summed E-state index contributed by atoms with van der Waals surface area (Å²) in [7, 11) is 1.43. The van der Waals surface area contributed by atoms with Gasteiger partial charge in [0, 0.05) is 36.3 Å². The second kappa shape index (κ2) is 6.70. The first-order valence-corrected chi connectivity index (χ1v) is 9.36. The summed E-state index contributed by atoms with van der Waals surface area (Å²) in [5, 5.41) is -0.281. The van der Waals surface area contributed by atoms with Crippen molar-refractivity contribution in [3.8, 4) is 0 Å². The van der Waals surface area contributed by atoms with Gasteiger partial charge in [-0.15, -0.1) is 0 Å². The van der Waals surface area contributed by atoms with Gasteiger partial charge in [-0.05, 0) is 29.5 Å². The highest BCUT2D eigenvalue weighted by Gasteiger charge is 2.40. The Bertz CT molecular complexity index is 1090. The highest BCUT2D eigenvalue weighted by molar-refractivity contribution is 8.15. The molecule has 1 unspecified atom stereocenters. The number of halogens is 3. The van der Waals surface area contributed by atoms with E-state index in [-0.39, 0.29) is 23.3 Å². The van der Waals surface area contributed by atoms with Crippen LogP contribution in [0.15, 0.2) is 54.7 Å². The van der Waals surface area contributed by atoms with Gasteiger partial charge in [0.2, 0.25) is 5.91 Å². The fraction of sp³-hybridized carbons (Fsp3) is 0.200. The van der Waals surface area contributed by atoms with Crippen LogP contribution in [-0.4, -0.2) is 27.7 Å². The average Bonchev–Trinajstić information content (AvgIpc) is 3.14. The van der Waals surface area contributed by atoms with E-state index in [1.165, 1.54) is 19.2 Å². The van der Waals surface area contributed by atoms with Crippen LogP contribution in [0.1, 0.15) is 21.9 Å². The molecule has 1 fully saturated rings. The van der Waals surface area contributed by atoms with Crippen molar-refractivity contribution in [2.75, 3.05) is 7.05 Å². The van der Waals surface area contributed by atoms with Gasteiger partial charge in [-0.1, -0.05) is 36.4 Å². The molecule has 8 heteroatoms. The summed E-state index contributed by atoms with van der Waals surface area (Å²) in [4.78, 5) is 25.4. The summed E-state index contributed by atoms with van der Waals surface area (Å²) < 4.78 is 41.8. The molecule has 2 amide bonds. The van der Waals surface area contributed by atoms with E-state index in [1.807, 2.05) is 6.07 Å². The van der Waals surface area contributed by atoms with E-state index in [0.717, 1.165) is 28.1 Å². The van der Waals surface area contributed by atoms with Crippen molar-refractivity contribution < 1.29 is 22.8 Å². The molecule has 2 aromatic carbocycles. The van der Waals surface area contributed by atoms with Gasteiger partial charge in [0.15, 0.2) is 0 Å². The first-order valence-electron chi connectivity index (χ1n) is 8.48. The standard InChI is InChI=1S/C20H15F3N2O2S/c1-24-18(26)17(28-19(24)27)14-11-25(16-9-5-3-7-13(14)16)10-12-6-2-4-8-15(12)20(21,22)23/h2-9,11,17H,10H2,1H3. The van der Waals surface area contributed by atoms with Crippen LogP contribution < -0.4 is 0 Å². The molecule has 1 atom stereocenters. The second-order valence-corrected chi connectivity index (χ2v) is 7.60. The van der Waals surface area contributed by atoms with Crippen LogP contribution in [0.3, 0.4) is 0 Å². The zero-order chi connectivity index (χ0) is 20.1. The Morgan fingerprint density at radius 2 is 1.71 bits per heavy atom. The fourth-order valence-electron chi connectivity index (χ4n) is 3.43. The number of hydrogen-bond donors (Lipinski definition) is 0. The van der Waals surface area contributed by atoms with Gasteiger partial charge in [-0.25, -0.2) is 0 Å². The van der Waals surface area contributed by atoms with Crippen LogP contribution in [0.25, 0.3) is 10.9 Å². The van der Waals surface area contributed by atoms with E-state index in [4.69, 9.17) is 0 Å². The Balaban J connectivity index is 1.81. The van der Waals surface area contributed by atoms with Crippen molar-refractivity contribution in [1.82, 2.24) is 9.47 Å². The van der Waals surface area contributed by atoms with Crippen LogP contribution in [0.2, 0.25) is 0 Å². The van der Waals surface area contributed by atoms with Gasteiger partial charge in [0.1, 0.15) is 5.25 Å². The number of amides is 2. The number of alkyl halides is 3. The zero-order valence-electron chi connectivity index (χ0n) is 14.7. The molecule has 28 heavy (non-hydrogen) atoms. The van der Waals surface area contributed by atoms with E-state index in [0.29, 0.717) is 11.1 Å². The molecule has 4 rings (SSSR count). The highest BCUT2D eigenvalue weighted by Crippen LogP contribution is 2.42. The number of rotatable bonds is 3. The number of aromatic nitrogens is 1. The molecule has 2 heterocycles. The number of para-hydroxylation sites is 1. The van der Waals surface area contributed by atoms with Gasteiger partial charge >= 0.3 is 6.18 Å². The minimum Gasteiger partial charge on any atom is -0.343 e. The number of benzene rings is 2. The topological polar surface area (TPSA) is 42.3 Å². The van der Waals surface area contributed by atoms with Crippen LogP contribution in [0.4, 0.5) is 18.0 Å². The lowest BCUT2D eigenvalue weighted by Gasteiger charge is -2.13. The van der Waals surface area contributed by atoms with Crippen LogP contribution in [0, 0.1) is 0 Å². The maximum absolute atomic E-state index is 13.4. The molecule has 0 radical (unpaired) electrons. The third kappa shape index (κ3) is 3.07. The molecule has 0 saturated carbocycles. The molecule has 1 aliphatic heterocycles. The molecule has 0 N–H and O–H groups in total. The van der Waals surface area contributed by atoms with Gasteiger partial charge < -0.3 is 4.57 Å². The summed E-state index contributed by atoms with van der Waals surface area (Å²) in [5.74, 6) is -0.325. The number of carbonyl (C=O) groups is 2. The van der Waals surface area contributed by atoms with Gasteiger partial charge in [0.05, 0.1) is 5.56 Å². The largest absolute Gasteiger partial charge is 0.416 e. The fourth-order valence-corrected chi connectivity index (χ4v) is 4.45. The molecule has 0 spiro atoms. The molecular formula is C20H15F3N2O2S. The average molecular weight is 404 g/mol. The summed E-state index contributed by atoms with van der Waals surface area (Å²) in [6.07, 6.45) is -2.77. The Kier molecular flexibility index (Phi) is 4.45. The van der Waals surface area contributed by atoms with Crippen molar-refractivity contribution >= 4 is 33.8 Å². The zero-order valence-corrected chi connectivity index (χ0v) is 15.6. The number of likely N-dealkylation sites (N-methyl/N-ethyl adjacent to an activating group) is 1. The minimum absolute atomic E-state index is 0.00552. The second-order valence-electron chi connectivity index (χ2n) is 6.55. The van der Waals surface area contributed by atoms with Crippen molar-refractivity contribution in [3.63, 3.8) is 0 Å². The van der Waals surface area contributed by atoms with Crippen molar-refractivity contribution in [3.05, 3.63) is 71.4 Å². The van der Waals surface area contributed by atoms with Gasteiger partial charge in [-0.2, -0.15) is 13.2 Å². The highest BCUT2D eigenvalue weighted by atomic mass is 32.2. The quantitative estimate of drug-likeness (QED) is 0.612. The predicted molar refractivity (Wildman–Crippen MR) is 101 cm³/mol. The van der Waals surface area contributed by atoms with Gasteiger partial charge in [0.25, 0.3) is 5.24 Å². The minimum atomic E-state index is -4.45. The van der Waals surface area contributed by atoms with Crippen molar-refractivity contribution in [1.29, 1.82) is 0 Å². The van der Waals surface area contributed by atoms with E-state index < -0.39 is 17.0 Å². The summed E-state index contributed by atoms with van der Waals surface area (Å²) >= 11 is 0.921. The van der Waals surface area contributed by atoms with E-state index in [2.05, 4.69) is 0 Å². The van der Waals surface area contributed by atoms with E-state index in [9.17, 15) is 22.8 Å². The molecule has 3 aromatic rings. The molecule has 144 valence electrons. The van der Waals surface area contributed by atoms with E-state index in [1.54, 1.807) is 35.0 Å². The number of hydrogen-bond acceptors (Lipinski definition) is 3. The predicted octanol–water partition coefficient (Wildman–Crippen LogP) is 5.07. The molecule has 1 aliphatic rings. The number of thioether (sulfide) groups is 1. The van der Waals surface area contributed by atoms with Crippen LogP contribution in [0.5, 0.6) is 0 Å². The number of carbonyl (C=O) groups excluding carboxylic acids is 2. The monoisotopic (exact) mass is 404 g/mol. The molecule has 1 saturated heterocycles. The maximum Gasteiger partial charge on any atom is 0.416 e. The van der Waals surface area contributed by atoms with Crippen LogP contribution >= 0.6 is 11.8 Å². The Morgan fingerprint density at radius 3 is 2.39 bits per heavy atom. The lowest BCUT2D eigenvalue weighted by atomic mass is 10.1. The van der Waals surface area contributed by atoms with Gasteiger partial charge in [-0.3, -0.25) is 14.5 Å². The molecule has 0 bridgehead atoms. The summed E-state index contributed by atoms with van der Waals surface area (Å²) in [6.45, 7) is 0.00552.